The fourth-order valence-corrected chi connectivity index (χ4v) is 1.38. The van der Waals surface area contributed by atoms with Crippen LogP contribution in [0, 0.1) is 0 Å². The zero-order valence-electron chi connectivity index (χ0n) is 9.39. The van der Waals surface area contributed by atoms with Gasteiger partial charge >= 0.3 is 0 Å². The van der Waals surface area contributed by atoms with Gasteiger partial charge in [0.2, 0.25) is 15.7 Å². The first-order valence-corrected chi connectivity index (χ1v) is 5.77. The molecular formula is C10H19NO2Si. The van der Waals surface area contributed by atoms with Crippen LogP contribution in [0.1, 0.15) is 27.7 Å². The van der Waals surface area contributed by atoms with Crippen LogP contribution in [0.2, 0.25) is 5.54 Å². The summed E-state index contributed by atoms with van der Waals surface area (Å²) in [5.41, 5.74) is 0.908. The summed E-state index contributed by atoms with van der Waals surface area (Å²) in [6, 6.07) is 0. The van der Waals surface area contributed by atoms with Crippen LogP contribution < -0.4 is 5.32 Å². The minimum Gasteiger partial charge on any atom is -0.415 e. The van der Waals surface area contributed by atoms with Crippen molar-refractivity contribution in [1.29, 1.82) is 0 Å². The molecule has 0 aliphatic carbocycles. The average Bonchev–Trinajstić information content (AvgIpc) is 2.10. The van der Waals surface area contributed by atoms with Gasteiger partial charge in [-0.15, -0.1) is 0 Å². The van der Waals surface area contributed by atoms with Crippen LogP contribution in [0.25, 0.3) is 0 Å². The monoisotopic (exact) mass is 213 g/mol. The van der Waals surface area contributed by atoms with E-state index in [0.717, 1.165) is 0 Å². The maximum atomic E-state index is 11.1. The Labute approximate surface area is 88.9 Å². The Kier molecular flexibility index (Phi) is 6.49. The summed E-state index contributed by atoms with van der Waals surface area (Å²) in [6.07, 6.45) is 0.257. The van der Waals surface area contributed by atoms with E-state index in [1.807, 2.05) is 13.8 Å². The second-order valence-electron chi connectivity index (χ2n) is 3.68. The Morgan fingerprint density at radius 3 is 2.50 bits per heavy atom. The number of hydrogen-bond donors (Lipinski definition) is 1. The number of nitrogens with one attached hydrogen (secondary N) is 1. The Morgan fingerprint density at radius 2 is 2.07 bits per heavy atom. The van der Waals surface area contributed by atoms with Crippen molar-refractivity contribution < 1.29 is 9.22 Å². The number of hydrogen-bond acceptors (Lipinski definition) is 2. The summed E-state index contributed by atoms with van der Waals surface area (Å²) >= 11 is 0. The molecule has 0 rings (SSSR count). The summed E-state index contributed by atoms with van der Waals surface area (Å²) < 4.78 is 5.45. The van der Waals surface area contributed by atoms with Crippen LogP contribution >= 0.6 is 0 Å². The molecule has 0 saturated heterocycles. The lowest BCUT2D eigenvalue weighted by Gasteiger charge is -2.13. The fraction of sp³-hybridized carbons (Fsp3) is 0.700. The van der Waals surface area contributed by atoms with Crippen molar-refractivity contribution in [3.8, 4) is 0 Å². The van der Waals surface area contributed by atoms with Crippen LogP contribution in [-0.4, -0.2) is 28.3 Å². The van der Waals surface area contributed by atoms with Gasteiger partial charge < -0.3 is 9.74 Å². The van der Waals surface area contributed by atoms with Crippen LogP contribution in [0.15, 0.2) is 12.2 Å². The molecule has 80 valence electrons. The molecule has 1 amide bonds. The van der Waals surface area contributed by atoms with E-state index in [-0.39, 0.29) is 12.0 Å². The standard InChI is InChI=1S/C10H19NO2Si/c1-7(2)10(12)11-6-9(5)14-13-8(3)4/h8-9H,1,6H2,2-5H3,(H,11,12). The van der Waals surface area contributed by atoms with Gasteiger partial charge in [0.1, 0.15) is 0 Å². The highest BCUT2D eigenvalue weighted by Crippen LogP contribution is 2.01. The highest BCUT2D eigenvalue weighted by atomic mass is 28.2. The van der Waals surface area contributed by atoms with Gasteiger partial charge in [-0.2, -0.15) is 0 Å². The maximum absolute atomic E-state index is 11.1. The minimum absolute atomic E-state index is 0.0776. The highest BCUT2D eigenvalue weighted by Gasteiger charge is 2.08. The van der Waals surface area contributed by atoms with Gasteiger partial charge in [-0.25, -0.2) is 0 Å². The van der Waals surface area contributed by atoms with Crippen LogP contribution in [0.3, 0.4) is 0 Å². The molecule has 0 aromatic heterocycles. The summed E-state index contributed by atoms with van der Waals surface area (Å²) in [7, 11) is 0.435. The van der Waals surface area contributed by atoms with Crippen LogP contribution in [-0.2, 0) is 9.22 Å². The van der Waals surface area contributed by atoms with Gasteiger partial charge in [-0.3, -0.25) is 4.79 Å². The largest absolute Gasteiger partial charge is 0.415 e. The Hall–Kier alpha value is -0.613. The molecule has 0 fully saturated rings. The summed E-state index contributed by atoms with van der Waals surface area (Å²) in [5.74, 6) is -0.0776. The second kappa shape index (κ2) is 6.78. The smallest absolute Gasteiger partial charge is 0.246 e. The molecule has 0 bridgehead atoms. The molecule has 4 heteroatoms. The van der Waals surface area contributed by atoms with E-state index in [9.17, 15) is 4.79 Å². The summed E-state index contributed by atoms with van der Waals surface area (Å²) in [6.45, 7) is 12.0. The molecule has 2 radical (unpaired) electrons. The Bertz CT molecular complexity index is 204. The van der Waals surface area contributed by atoms with E-state index in [1.165, 1.54) is 0 Å². The predicted octanol–water partition coefficient (Wildman–Crippen LogP) is 1.53. The van der Waals surface area contributed by atoms with Crippen LogP contribution in [0.5, 0.6) is 0 Å². The fourth-order valence-electron chi connectivity index (χ4n) is 0.691. The first-order valence-electron chi connectivity index (χ1n) is 4.78. The molecule has 0 saturated carbocycles. The van der Waals surface area contributed by atoms with Crippen molar-refractivity contribution in [1.82, 2.24) is 5.32 Å². The summed E-state index contributed by atoms with van der Waals surface area (Å²) in [5, 5.41) is 2.79. The second-order valence-corrected chi connectivity index (χ2v) is 5.13. The van der Waals surface area contributed by atoms with Gasteiger partial charge in [0.05, 0.1) is 0 Å². The van der Waals surface area contributed by atoms with Gasteiger partial charge in [-0.05, 0) is 26.3 Å². The third kappa shape index (κ3) is 6.86. The zero-order chi connectivity index (χ0) is 11.1. The SMILES string of the molecule is C=C(C)C(=O)NCC(C)[Si]OC(C)C. The highest BCUT2D eigenvalue weighted by molar-refractivity contribution is 6.29. The first-order chi connectivity index (χ1) is 6.43. The van der Waals surface area contributed by atoms with Crippen LogP contribution in [0.4, 0.5) is 0 Å². The molecule has 0 heterocycles. The van der Waals surface area contributed by atoms with E-state index in [4.69, 9.17) is 4.43 Å². The lowest BCUT2D eigenvalue weighted by Crippen LogP contribution is -2.29. The summed E-state index contributed by atoms with van der Waals surface area (Å²) in [4.78, 5) is 11.1. The normalized spacial score (nSPS) is 12.6. The molecule has 1 unspecified atom stereocenters. The van der Waals surface area contributed by atoms with Crippen molar-refractivity contribution in [2.75, 3.05) is 6.54 Å². The topological polar surface area (TPSA) is 38.3 Å². The molecule has 0 aromatic rings. The number of carbonyl (C=O) groups excluding carboxylic acids is 1. The van der Waals surface area contributed by atoms with E-state index < -0.39 is 0 Å². The van der Waals surface area contributed by atoms with Crippen molar-refractivity contribution in [3.63, 3.8) is 0 Å². The van der Waals surface area contributed by atoms with Crippen molar-refractivity contribution in [2.45, 2.75) is 39.3 Å². The third-order valence-electron chi connectivity index (χ3n) is 1.46. The van der Waals surface area contributed by atoms with E-state index in [1.54, 1.807) is 6.92 Å². The van der Waals surface area contributed by atoms with E-state index in [0.29, 0.717) is 27.4 Å². The lowest BCUT2D eigenvalue weighted by molar-refractivity contribution is -0.117. The van der Waals surface area contributed by atoms with E-state index in [2.05, 4.69) is 18.8 Å². The predicted molar refractivity (Wildman–Crippen MR) is 59.2 cm³/mol. The van der Waals surface area contributed by atoms with Gasteiger partial charge in [0.25, 0.3) is 0 Å². The lowest BCUT2D eigenvalue weighted by atomic mass is 10.3. The molecule has 0 aromatic carbocycles. The third-order valence-corrected chi connectivity index (χ3v) is 2.68. The molecular weight excluding hydrogens is 194 g/mol. The molecule has 1 atom stereocenters. The van der Waals surface area contributed by atoms with Crippen molar-refractivity contribution in [3.05, 3.63) is 12.2 Å². The number of amides is 1. The maximum Gasteiger partial charge on any atom is 0.246 e. The zero-order valence-corrected chi connectivity index (χ0v) is 10.4. The minimum atomic E-state index is -0.0776. The molecule has 3 nitrogen and oxygen atoms in total. The Morgan fingerprint density at radius 1 is 1.50 bits per heavy atom. The Balaban J connectivity index is 3.58. The van der Waals surface area contributed by atoms with Crippen molar-refractivity contribution in [2.24, 2.45) is 0 Å². The van der Waals surface area contributed by atoms with Gasteiger partial charge in [0.15, 0.2) is 0 Å². The van der Waals surface area contributed by atoms with Gasteiger partial charge in [0, 0.05) is 18.2 Å². The molecule has 0 aliphatic heterocycles. The average molecular weight is 213 g/mol. The number of rotatable bonds is 6. The quantitative estimate of drug-likeness (QED) is 0.537. The van der Waals surface area contributed by atoms with Crippen molar-refractivity contribution >= 4 is 15.7 Å². The molecule has 0 aliphatic rings. The van der Waals surface area contributed by atoms with E-state index >= 15 is 0 Å². The first kappa shape index (κ1) is 13.4. The molecule has 1 N–H and O–H groups in total. The molecule has 0 spiro atoms. The van der Waals surface area contributed by atoms with Gasteiger partial charge in [-0.1, -0.05) is 13.5 Å². The number of carbonyl (C=O) groups is 1. The molecule has 14 heavy (non-hydrogen) atoms.